The van der Waals surface area contributed by atoms with Gasteiger partial charge < -0.3 is 10.0 Å². The Morgan fingerprint density at radius 2 is 2.04 bits per heavy atom. The van der Waals surface area contributed by atoms with Crippen LogP contribution in [0.4, 0.5) is 0 Å². The second-order valence-corrected chi connectivity index (χ2v) is 8.50. The maximum atomic E-state index is 12.8. The zero-order chi connectivity index (χ0) is 18.4. The minimum Gasteiger partial charge on any atom is -0.480 e. The lowest BCUT2D eigenvalue weighted by Gasteiger charge is -2.27. The second kappa shape index (κ2) is 8.68. The summed E-state index contributed by atoms with van der Waals surface area (Å²) in [5, 5.41) is 9.26. The van der Waals surface area contributed by atoms with E-state index in [-0.39, 0.29) is 4.90 Å². The van der Waals surface area contributed by atoms with E-state index < -0.39 is 34.0 Å². The smallest absolute Gasteiger partial charge is 0.326 e. The Bertz CT molecular complexity index is 708. The number of hydrogen-bond acceptors (Lipinski definition) is 5. The van der Waals surface area contributed by atoms with Crippen molar-refractivity contribution in [2.24, 2.45) is 0 Å². The van der Waals surface area contributed by atoms with Crippen LogP contribution in [-0.2, 0) is 19.6 Å². The number of likely N-dealkylation sites (tertiary alicyclic amines) is 1. The van der Waals surface area contributed by atoms with Crippen LogP contribution >= 0.6 is 11.8 Å². The summed E-state index contributed by atoms with van der Waals surface area (Å²) in [5.41, 5.74) is 0. The first kappa shape index (κ1) is 19.7. The molecule has 1 heterocycles. The highest BCUT2D eigenvalue weighted by Gasteiger charge is 2.38. The van der Waals surface area contributed by atoms with Gasteiger partial charge in [0, 0.05) is 6.54 Å². The summed E-state index contributed by atoms with van der Waals surface area (Å²) in [6.45, 7) is 0.332. The van der Waals surface area contributed by atoms with Gasteiger partial charge in [-0.25, -0.2) is 13.2 Å². The largest absolute Gasteiger partial charge is 0.480 e. The molecule has 2 rings (SSSR count). The zero-order valence-electron chi connectivity index (χ0n) is 13.9. The molecule has 2 N–H and O–H groups in total. The van der Waals surface area contributed by atoms with Crippen molar-refractivity contribution < 1.29 is 23.1 Å². The Labute approximate surface area is 151 Å². The molecule has 0 saturated carbocycles. The molecular weight excluding hydrogens is 364 g/mol. The summed E-state index contributed by atoms with van der Waals surface area (Å²) in [7, 11) is -3.86. The number of nitrogens with zero attached hydrogens (tertiary/aromatic N) is 1. The van der Waals surface area contributed by atoms with Gasteiger partial charge in [0.05, 0.1) is 4.90 Å². The van der Waals surface area contributed by atoms with E-state index in [0.717, 1.165) is 0 Å². The van der Waals surface area contributed by atoms with Gasteiger partial charge in [-0.15, -0.1) is 0 Å². The Morgan fingerprint density at radius 1 is 1.36 bits per heavy atom. The van der Waals surface area contributed by atoms with Crippen molar-refractivity contribution in [2.75, 3.05) is 18.6 Å². The van der Waals surface area contributed by atoms with Gasteiger partial charge in [0.2, 0.25) is 15.9 Å². The maximum Gasteiger partial charge on any atom is 0.326 e. The highest BCUT2D eigenvalue weighted by Crippen LogP contribution is 2.20. The van der Waals surface area contributed by atoms with Gasteiger partial charge in [-0.3, -0.25) is 4.79 Å². The number of aliphatic carboxylic acids is 1. The maximum absolute atomic E-state index is 12.8. The van der Waals surface area contributed by atoms with Gasteiger partial charge in [-0.05, 0) is 43.4 Å². The van der Waals surface area contributed by atoms with Gasteiger partial charge in [0.15, 0.2) is 0 Å². The first-order chi connectivity index (χ1) is 11.9. The van der Waals surface area contributed by atoms with Gasteiger partial charge in [0.1, 0.15) is 12.1 Å². The number of nitrogens with one attached hydrogen (secondary N) is 1. The lowest BCUT2D eigenvalue weighted by atomic mass is 10.2. The number of sulfonamides is 1. The van der Waals surface area contributed by atoms with E-state index in [2.05, 4.69) is 4.72 Å². The summed E-state index contributed by atoms with van der Waals surface area (Å²) in [5.74, 6) is -0.946. The SMILES string of the molecule is CSCC[C@H](NS(=O)(=O)c1ccccc1)C(=O)N1CCC[C@H]1C(=O)O. The third-order valence-corrected chi connectivity index (χ3v) is 6.21. The van der Waals surface area contributed by atoms with Crippen molar-refractivity contribution in [3.63, 3.8) is 0 Å². The van der Waals surface area contributed by atoms with Crippen molar-refractivity contribution in [2.45, 2.75) is 36.2 Å². The van der Waals surface area contributed by atoms with E-state index >= 15 is 0 Å². The molecular formula is C16H22N2O5S2. The number of carboxylic acid groups (broad SMARTS) is 1. The zero-order valence-corrected chi connectivity index (χ0v) is 15.6. The van der Waals surface area contributed by atoms with Gasteiger partial charge in [0.25, 0.3) is 0 Å². The van der Waals surface area contributed by atoms with E-state index in [1.165, 1.54) is 28.8 Å². The molecule has 0 unspecified atom stereocenters. The summed E-state index contributed by atoms with van der Waals surface area (Å²) < 4.78 is 27.5. The fourth-order valence-electron chi connectivity index (χ4n) is 2.81. The number of benzene rings is 1. The highest BCUT2D eigenvalue weighted by atomic mass is 32.2. The molecule has 1 saturated heterocycles. The van der Waals surface area contributed by atoms with Crippen LogP contribution in [0.15, 0.2) is 35.2 Å². The van der Waals surface area contributed by atoms with Crippen LogP contribution in [0, 0.1) is 0 Å². The number of carboxylic acids is 1. The minimum atomic E-state index is -3.86. The van der Waals surface area contributed by atoms with Gasteiger partial charge >= 0.3 is 5.97 Å². The van der Waals surface area contributed by atoms with Crippen LogP contribution in [0.5, 0.6) is 0 Å². The van der Waals surface area contributed by atoms with Crippen LogP contribution < -0.4 is 4.72 Å². The van der Waals surface area contributed by atoms with Crippen molar-refractivity contribution in [1.82, 2.24) is 9.62 Å². The third-order valence-electron chi connectivity index (χ3n) is 4.08. The van der Waals surface area contributed by atoms with Crippen LogP contribution in [0.2, 0.25) is 0 Å². The van der Waals surface area contributed by atoms with E-state index in [4.69, 9.17) is 0 Å². The molecule has 0 aromatic heterocycles. The molecule has 0 bridgehead atoms. The van der Waals surface area contributed by atoms with E-state index in [0.29, 0.717) is 31.6 Å². The van der Waals surface area contributed by atoms with Crippen LogP contribution in [0.1, 0.15) is 19.3 Å². The highest BCUT2D eigenvalue weighted by molar-refractivity contribution is 7.98. The predicted molar refractivity (Wildman–Crippen MR) is 95.9 cm³/mol. The second-order valence-electron chi connectivity index (χ2n) is 5.80. The molecule has 1 aromatic rings. The topological polar surface area (TPSA) is 104 Å². The quantitative estimate of drug-likeness (QED) is 0.695. The number of carbonyl (C=O) groups excluding carboxylic acids is 1. The lowest BCUT2D eigenvalue weighted by Crippen LogP contribution is -2.51. The van der Waals surface area contributed by atoms with Crippen LogP contribution in [-0.4, -0.2) is 60.9 Å². The average molecular weight is 386 g/mol. The minimum absolute atomic E-state index is 0.0770. The fraction of sp³-hybridized carbons (Fsp3) is 0.500. The Kier molecular flexibility index (Phi) is 6.86. The molecule has 138 valence electrons. The standard InChI is InChI=1S/C16H22N2O5S2/c1-24-11-9-13(15(19)18-10-5-8-14(18)16(20)21)17-25(22,23)12-6-3-2-4-7-12/h2-4,6-7,13-14,17H,5,8-11H2,1H3,(H,20,21)/t13-,14-/m0/s1. The van der Waals surface area contributed by atoms with E-state index in [1.54, 1.807) is 18.2 Å². The molecule has 25 heavy (non-hydrogen) atoms. The average Bonchev–Trinajstić information content (AvgIpc) is 3.08. The monoisotopic (exact) mass is 386 g/mol. The molecule has 1 aromatic carbocycles. The van der Waals surface area contributed by atoms with Crippen molar-refractivity contribution in [3.8, 4) is 0 Å². The first-order valence-corrected chi connectivity index (χ1v) is 10.8. The van der Waals surface area contributed by atoms with E-state index in [9.17, 15) is 23.1 Å². The van der Waals surface area contributed by atoms with E-state index in [1.807, 2.05) is 6.26 Å². The fourth-order valence-corrected chi connectivity index (χ4v) is 4.53. The number of thioether (sulfide) groups is 1. The predicted octanol–water partition coefficient (Wildman–Crippen LogP) is 1.16. The molecule has 7 nitrogen and oxygen atoms in total. The Balaban J connectivity index is 2.21. The summed E-state index contributed by atoms with van der Waals surface area (Å²) in [6.07, 6.45) is 3.16. The first-order valence-electron chi connectivity index (χ1n) is 7.96. The summed E-state index contributed by atoms with van der Waals surface area (Å²) in [4.78, 5) is 25.5. The molecule has 1 aliphatic rings. The Morgan fingerprint density at radius 3 is 2.64 bits per heavy atom. The van der Waals surface area contributed by atoms with Crippen LogP contribution in [0.25, 0.3) is 0 Å². The number of rotatable bonds is 8. The number of amides is 1. The van der Waals surface area contributed by atoms with Crippen LogP contribution in [0.3, 0.4) is 0 Å². The molecule has 1 aliphatic heterocycles. The van der Waals surface area contributed by atoms with Crippen molar-refractivity contribution in [3.05, 3.63) is 30.3 Å². The molecule has 1 fully saturated rings. The molecule has 0 aliphatic carbocycles. The van der Waals surface area contributed by atoms with Crippen molar-refractivity contribution in [1.29, 1.82) is 0 Å². The third kappa shape index (κ3) is 4.96. The Hall–Kier alpha value is -1.58. The number of hydrogen-bond donors (Lipinski definition) is 2. The molecule has 9 heteroatoms. The van der Waals surface area contributed by atoms with Gasteiger partial charge in [-0.2, -0.15) is 16.5 Å². The van der Waals surface area contributed by atoms with Crippen molar-refractivity contribution >= 4 is 33.7 Å². The molecule has 1 amide bonds. The molecule has 2 atom stereocenters. The summed E-state index contributed by atoms with van der Waals surface area (Å²) in [6, 6.07) is 5.96. The molecule has 0 spiro atoms. The lowest BCUT2D eigenvalue weighted by molar-refractivity contribution is -0.148. The van der Waals surface area contributed by atoms with Gasteiger partial charge in [-0.1, -0.05) is 18.2 Å². The number of carbonyl (C=O) groups is 2. The normalized spacial score (nSPS) is 18.9. The summed E-state index contributed by atoms with van der Waals surface area (Å²) >= 11 is 1.50. The molecule has 0 radical (unpaired) electrons.